The molecule has 3 aliphatic carbocycles. The van der Waals surface area contributed by atoms with Crippen molar-refractivity contribution in [3.8, 4) is 0 Å². The third-order valence-corrected chi connectivity index (χ3v) is 8.19. The van der Waals surface area contributed by atoms with Crippen LogP contribution in [-0.2, 0) is 19.1 Å². The fraction of sp³-hybridized carbons (Fsp3) is 0.438. The van der Waals surface area contributed by atoms with E-state index in [0.717, 1.165) is 36.9 Å². The lowest BCUT2D eigenvalue weighted by Crippen LogP contribution is -2.65. The fourth-order valence-corrected chi connectivity index (χ4v) is 7.32. The van der Waals surface area contributed by atoms with Gasteiger partial charge in [0.1, 0.15) is 3.14 Å². The second-order valence-electron chi connectivity index (χ2n) is 6.20. The van der Waals surface area contributed by atoms with Crippen molar-refractivity contribution >= 4 is 58.4 Å². The molecule has 1 aromatic heterocycles. The van der Waals surface area contributed by atoms with Gasteiger partial charge in [0, 0.05) is 11.8 Å². The average molecular weight is 396 g/mol. The maximum Gasteiger partial charge on any atom is 0.322 e. The summed E-state index contributed by atoms with van der Waals surface area (Å²) in [6, 6.07) is 0. The molecule has 0 spiro atoms. The summed E-state index contributed by atoms with van der Waals surface area (Å²) in [5.41, 5.74) is -3.84. The Labute approximate surface area is 155 Å². The highest BCUT2D eigenvalue weighted by molar-refractivity contribution is 7.76. The van der Waals surface area contributed by atoms with Crippen LogP contribution in [0.2, 0.25) is 0 Å². The van der Waals surface area contributed by atoms with Gasteiger partial charge in [0.05, 0.1) is 24.0 Å². The third-order valence-electron chi connectivity index (χ3n) is 5.54. The van der Waals surface area contributed by atoms with Gasteiger partial charge in [-0.25, -0.2) is 0 Å². The summed E-state index contributed by atoms with van der Waals surface area (Å²) < 4.78 is 10.3. The summed E-state index contributed by atoms with van der Waals surface area (Å²) in [6.07, 6.45) is 3.80. The normalized spacial score (nSPS) is 34.6. The monoisotopic (exact) mass is 396 g/mol. The van der Waals surface area contributed by atoms with Crippen molar-refractivity contribution < 1.29 is 28.7 Å². The first-order valence-corrected chi connectivity index (χ1v) is 9.50. The largest absolute Gasteiger partial charge is 0.468 e. The molecular formula is C16H12O6S3. The molecule has 6 nitrogen and oxygen atoms in total. The van der Waals surface area contributed by atoms with Crippen LogP contribution >= 0.6 is 34.9 Å². The molecule has 1 fully saturated rings. The molecule has 25 heavy (non-hydrogen) atoms. The van der Waals surface area contributed by atoms with Crippen LogP contribution in [0.25, 0.3) is 0 Å². The fourth-order valence-electron chi connectivity index (χ4n) is 4.69. The lowest BCUT2D eigenvalue weighted by atomic mass is 9.51. The Hall–Kier alpha value is -1.71. The number of methoxy groups -OCH3 is 2. The highest BCUT2D eigenvalue weighted by Crippen LogP contribution is 2.69. The number of hydrogen-bond donors (Lipinski definition) is 0. The summed E-state index contributed by atoms with van der Waals surface area (Å²) >= 11 is 7.14. The SMILES string of the molecule is COC(=O)C12C(=O)c3sc(=S)sc3C(=O)C1(C(=O)OC)C1C=CC2C1. The van der Waals surface area contributed by atoms with Gasteiger partial charge >= 0.3 is 11.9 Å². The lowest BCUT2D eigenvalue weighted by molar-refractivity contribution is -0.170. The van der Waals surface area contributed by atoms with Gasteiger partial charge in [-0.05, 0) is 6.42 Å². The first kappa shape index (κ1) is 16.7. The lowest BCUT2D eigenvalue weighted by Gasteiger charge is -2.46. The molecule has 4 rings (SSSR count). The maximum atomic E-state index is 13.5. The van der Waals surface area contributed by atoms with Crippen molar-refractivity contribution in [2.75, 3.05) is 14.2 Å². The van der Waals surface area contributed by atoms with Gasteiger partial charge in [0.2, 0.25) is 0 Å². The highest BCUT2D eigenvalue weighted by Gasteiger charge is 2.82. The number of allylic oxidation sites excluding steroid dienone is 2. The number of rotatable bonds is 2. The molecule has 4 atom stereocenters. The van der Waals surface area contributed by atoms with Crippen LogP contribution in [0.1, 0.15) is 25.8 Å². The molecule has 1 heterocycles. The first-order valence-electron chi connectivity index (χ1n) is 7.46. The van der Waals surface area contributed by atoms with E-state index in [2.05, 4.69) is 0 Å². The number of carbonyl (C=O) groups excluding carboxylic acids is 4. The molecule has 0 amide bonds. The third kappa shape index (κ3) is 1.58. The van der Waals surface area contributed by atoms with Crippen LogP contribution in [0.5, 0.6) is 0 Å². The van der Waals surface area contributed by atoms with Crippen LogP contribution in [0, 0.1) is 25.8 Å². The summed E-state index contributed by atoms with van der Waals surface area (Å²) in [5, 5.41) is 0. The molecule has 9 heteroatoms. The van der Waals surface area contributed by atoms with Gasteiger partial charge in [-0.15, -0.1) is 22.7 Å². The van der Waals surface area contributed by atoms with Crippen molar-refractivity contribution in [1.29, 1.82) is 0 Å². The van der Waals surface area contributed by atoms with Crippen molar-refractivity contribution in [3.63, 3.8) is 0 Å². The number of carbonyl (C=O) groups is 4. The zero-order valence-corrected chi connectivity index (χ0v) is 15.6. The Morgan fingerprint density at radius 3 is 1.76 bits per heavy atom. The molecular weight excluding hydrogens is 384 g/mol. The molecule has 0 N–H and O–H groups in total. The minimum atomic E-state index is -1.92. The molecule has 0 radical (unpaired) electrons. The predicted octanol–water partition coefficient (Wildman–Crippen LogP) is 2.44. The number of fused-ring (bicyclic) bond motifs is 6. The van der Waals surface area contributed by atoms with Gasteiger partial charge < -0.3 is 9.47 Å². The molecule has 1 saturated carbocycles. The molecule has 0 aromatic carbocycles. The van der Waals surface area contributed by atoms with E-state index in [-0.39, 0.29) is 9.75 Å². The quantitative estimate of drug-likeness (QED) is 0.328. The number of hydrogen-bond acceptors (Lipinski definition) is 9. The van der Waals surface area contributed by atoms with E-state index >= 15 is 0 Å². The molecule has 1 aromatic rings. The number of ketones is 2. The Bertz CT molecular complexity index is 869. The molecule has 130 valence electrons. The molecule has 2 bridgehead atoms. The van der Waals surface area contributed by atoms with Crippen molar-refractivity contribution in [3.05, 3.63) is 25.0 Å². The Kier molecular flexibility index (Phi) is 3.45. The van der Waals surface area contributed by atoms with Crippen molar-refractivity contribution in [1.82, 2.24) is 0 Å². The van der Waals surface area contributed by atoms with Crippen LogP contribution in [-0.4, -0.2) is 37.7 Å². The van der Waals surface area contributed by atoms with E-state index < -0.39 is 46.2 Å². The highest BCUT2D eigenvalue weighted by atomic mass is 32.2. The topological polar surface area (TPSA) is 86.7 Å². The Balaban J connectivity index is 2.16. The van der Waals surface area contributed by atoms with Crippen LogP contribution in [0.3, 0.4) is 0 Å². The van der Waals surface area contributed by atoms with Gasteiger partial charge in [0.15, 0.2) is 22.4 Å². The second-order valence-corrected chi connectivity index (χ2v) is 9.43. The van der Waals surface area contributed by atoms with Gasteiger partial charge in [-0.2, -0.15) is 0 Å². The Morgan fingerprint density at radius 1 is 1.00 bits per heavy atom. The standard InChI is InChI=1S/C16H12O6S3/c1-21-12(19)15-6-3-4-7(5-6)16(15,13(20)22-2)11(18)9-8(10(15)17)24-14(23)25-9/h3-4,6-7H,5H2,1-2H3. The van der Waals surface area contributed by atoms with E-state index in [1.54, 1.807) is 12.2 Å². The summed E-state index contributed by atoms with van der Waals surface area (Å²) in [7, 11) is 2.30. The summed E-state index contributed by atoms with van der Waals surface area (Å²) in [6.45, 7) is 0. The minimum Gasteiger partial charge on any atom is -0.468 e. The molecule has 4 unspecified atom stereocenters. The van der Waals surface area contributed by atoms with Gasteiger partial charge in [-0.3, -0.25) is 19.2 Å². The maximum absolute atomic E-state index is 13.5. The zero-order valence-electron chi connectivity index (χ0n) is 13.2. The van der Waals surface area contributed by atoms with Crippen LogP contribution < -0.4 is 0 Å². The summed E-state index contributed by atoms with van der Waals surface area (Å²) in [5.74, 6) is -4.04. The predicted molar refractivity (Wildman–Crippen MR) is 91.3 cm³/mol. The van der Waals surface area contributed by atoms with Gasteiger partial charge in [0.25, 0.3) is 0 Å². The van der Waals surface area contributed by atoms with E-state index in [9.17, 15) is 19.2 Å². The van der Waals surface area contributed by atoms with Crippen molar-refractivity contribution in [2.45, 2.75) is 6.42 Å². The van der Waals surface area contributed by atoms with E-state index in [4.69, 9.17) is 21.7 Å². The molecule has 0 saturated heterocycles. The number of ether oxygens (including phenoxy) is 2. The molecule has 0 aliphatic heterocycles. The smallest absolute Gasteiger partial charge is 0.322 e. The van der Waals surface area contributed by atoms with E-state index in [0.29, 0.717) is 9.56 Å². The summed E-state index contributed by atoms with van der Waals surface area (Å²) in [4.78, 5) is 53.0. The van der Waals surface area contributed by atoms with Crippen LogP contribution in [0.15, 0.2) is 12.2 Å². The molecule has 3 aliphatic rings. The second kappa shape index (κ2) is 5.15. The van der Waals surface area contributed by atoms with Crippen molar-refractivity contribution in [2.24, 2.45) is 22.7 Å². The zero-order chi connectivity index (χ0) is 18.1. The van der Waals surface area contributed by atoms with E-state index in [1.165, 1.54) is 0 Å². The minimum absolute atomic E-state index is 0.144. The van der Waals surface area contributed by atoms with Gasteiger partial charge in [-0.1, -0.05) is 24.4 Å². The number of esters is 2. The van der Waals surface area contributed by atoms with E-state index in [1.807, 2.05) is 0 Å². The Morgan fingerprint density at radius 2 is 1.40 bits per heavy atom. The first-order chi connectivity index (χ1) is 11.9. The number of Topliss-reactive ketones (excluding diaryl/α,β-unsaturated/α-hetero) is 2. The average Bonchev–Trinajstić information content (AvgIpc) is 3.30. The van der Waals surface area contributed by atoms with Crippen LogP contribution in [0.4, 0.5) is 0 Å².